The van der Waals surface area contributed by atoms with Gasteiger partial charge in [-0.2, -0.15) is 0 Å². The highest BCUT2D eigenvalue weighted by molar-refractivity contribution is 6.16. The Balaban J connectivity index is 1.12. The number of benzene rings is 7. The van der Waals surface area contributed by atoms with E-state index in [-0.39, 0.29) is 0 Å². The molecular weight excluding hydrogens is 625 g/mol. The first kappa shape index (κ1) is 27.9. The lowest BCUT2D eigenvalue weighted by Crippen LogP contribution is -2.00. The lowest BCUT2D eigenvalue weighted by atomic mass is 9.99. The van der Waals surface area contributed by atoms with Crippen LogP contribution in [0.1, 0.15) is 0 Å². The number of fused-ring (bicyclic) bond motifs is 9. The predicted octanol–water partition coefficient (Wildman–Crippen LogP) is 11.9. The number of para-hydroxylation sites is 4. The SMILES string of the molecule is c1ccc(-c2cccc3c2c2ccccc2n3-c2ncc3oc4ccc(-c5ccccc5-n5c6ccccc6c6ccccc65)cc4c3n2)cc1. The van der Waals surface area contributed by atoms with E-state index in [1.165, 1.54) is 38.3 Å². The van der Waals surface area contributed by atoms with Crippen molar-refractivity contribution in [3.05, 3.63) is 170 Å². The third-order valence-corrected chi connectivity index (χ3v) is 10.2. The third kappa shape index (κ3) is 4.09. The van der Waals surface area contributed by atoms with Crippen LogP contribution in [-0.2, 0) is 0 Å². The van der Waals surface area contributed by atoms with Crippen molar-refractivity contribution in [3.63, 3.8) is 0 Å². The highest BCUT2D eigenvalue weighted by Crippen LogP contribution is 2.40. The number of nitrogens with zero attached hydrogens (tertiary/aromatic N) is 4. The molecule has 11 rings (SSSR count). The van der Waals surface area contributed by atoms with Gasteiger partial charge in [0.1, 0.15) is 11.1 Å². The minimum absolute atomic E-state index is 0.609. The second-order valence-electron chi connectivity index (χ2n) is 13.0. The Morgan fingerprint density at radius 1 is 0.431 bits per heavy atom. The molecule has 11 aromatic rings. The fraction of sp³-hybridized carbons (Fsp3) is 0. The van der Waals surface area contributed by atoms with Gasteiger partial charge in [0.25, 0.3) is 0 Å². The summed E-state index contributed by atoms with van der Waals surface area (Å²) in [7, 11) is 0. The maximum Gasteiger partial charge on any atom is 0.235 e. The minimum Gasteiger partial charge on any atom is -0.453 e. The smallest absolute Gasteiger partial charge is 0.235 e. The molecule has 0 radical (unpaired) electrons. The molecule has 0 spiro atoms. The van der Waals surface area contributed by atoms with Gasteiger partial charge in [0.05, 0.1) is 34.0 Å². The van der Waals surface area contributed by atoms with Crippen LogP contribution in [0, 0.1) is 0 Å². The van der Waals surface area contributed by atoms with E-state index in [1.54, 1.807) is 0 Å². The van der Waals surface area contributed by atoms with Gasteiger partial charge in [-0.15, -0.1) is 0 Å². The second-order valence-corrected chi connectivity index (χ2v) is 13.0. The molecule has 51 heavy (non-hydrogen) atoms. The number of hydrogen-bond donors (Lipinski definition) is 0. The molecule has 7 aromatic carbocycles. The lowest BCUT2D eigenvalue weighted by molar-refractivity contribution is 0.665. The van der Waals surface area contributed by atoms with E-state index >= 15 is 0 Å². The van der Waals surface area contributed by atoms with Gasteiger partial charge in [-0.25, -0.2) is 9.97 Å². The molecule has 5 heteroatoms. The van der Waals surface area contributed by atoms with Crippen molar-refractivity contribution < 1.29 is 4.42 Å². The molecule has 5 nitrogen and oxygen atoms in total. The summed E-state index contributed by atoms with van der Waals surface area (Å²) < 4.78 is 10.9. The lowest BCUT2D eigenvalue weighted by Gasteiger charge is -2.14. The Bertz CT molecular complexity index is 3090. The van der Waals surface area contributed by atoms with E-state index < -0.39 is 0 Å². The van der Waals surface area contributed by atoms with E-state index in [4.69, 9.17) is 14.4 Å². The molecule has 0 bridgehead atoms. The zero-order chi connectivity index (χ0) is 33.5. The van der Waals surface area contributed by atoms with Crippen LogP contribution in [0.5, 0.6) is 0 Å². The van der Waals surface area contributed by atoms with Gasteiger partial charge in [0.15, 0.2) is 5.58 Å². The van der Waals surface area contributed by atoms with Gasteiger partial charge >= 0.3 is 0 Å². The summed E-state index contributed by atoms with van der Waals surface area (Å²) in [5.74, 6) is 0.609. The Kier molecular flexibility index (Phi) is 5.89. The molecule has 238 valence electrons. The van der Waals surface area contributed by atoms with Crippen molar-refractivity contribution in [1.82, 2.24) is 19.1 Å². The quantitative estimate of drug-likeness (QED) is 0.190. The van der Waals surface area contributed by atoms with Crippen molar-refractivity contribution in [1.29, 1.82) is 0 Å². The van der Waals surface area contributed by atoms with Crippen molar-refractivity contribution in [2.24, 2.45) is 0 Å². The monoisotopic (exact) mass is 652 g/mol. The van der Waals surface area contributed by atoms with Gasteiger partial charge in [0, 0.05) is 32.5 Å². The first-order valence-corrected chi connectivity index (χ1v) is 17.2. The first-order valence-electron chi connectivity index (χ1n) is 17.2. The van der Waals surface area contributed by atoms with E-state index in [9.17, 15) is 0 Å². The molecule has 0 amide bonds. The highest BCUT2D eigenvalue weighted by Gasteiger charge is 2.20. The molecule has 0 saturated heterocycles. The van der Waals surface area contributed by atoms with Crippen LogP contribution in [0.25, 0.3) is 99.6 Å². The minimum atomic E-state index is 0.609. The summed E-state index contributed by atoms with van der Waals surface area (Å²) in [4.78, 5) is 10.1. The molecule has 4 heterocycles. The predicted molar refractivity (Wildman–Crippen MR) is 209 cm³/mol. The maximum atomic E-state index is 6.35. The Morgan fingerprint density at radius 2 is 1.06 bits per heavy atom. The van der Waals surface area contributed by atoms with E-state index in [0.29, 0.717) is 11.5 Å². The summed E-state index contributed by atoms with van der Waals surface area (Å²) in [6, 6.07) is 57.8. The summed E-state index contributed by atoms with van der Waals surface area (Å²) in [5, 5.41) is 5.78. The van der Waals surface area contributed by atoms with E-state index in [0.717, 1.165) is 49.7 Å². The topological polar surface area (TPSA) is 48.8 Å². The number of aromatic nitrogens is 4. The molecule has 0 fully saturated rings. The van der Waals surface area contributed by atoms with Gasteiger partial charge < -0.3 is 8.98 Å². The number of furan rings is 1. The van der Waals surface area contributed by atoms with Gasteiger partial charge in [-0.3, -0.25) is 4.57 Å². The molecule has 0 unspecified atom stereocenters. The molecule has 0 aliphatic heterocycles. The maximum absolute atomic E-state index is 6.35. The van der Waals surface area contributed by atoms with Gasteiger partial charge in [0.2, 0.25) is 5.95 Å². The van der Waals surface area contributed by atoms with Gasteiger partial charge in [-0.1, -0.05) is 121 Å². The zero-order valence-electron chi connectivity index (χ0n) is 27.4. The van der Waals surface area contributed by atoms with Crippen molar-refractivity contribution >= 4 is 65.7 Å². The second kappa shape index (κ2) is 10.8. The molecule has 0 aliphatic carbocycles. The van der Waals surface area contributed by atoms with Crippen LogP contribution in [0.2, 0.25) is 0 Å². The van der Waals surface area contributed by atoms with Crippen LogP contribution < -0.4 is 0 Å². The average molecular weight is 653 g/mol. The van der Waals surface area contributed by atoms with Crippen molar-refractivity contribution in [3.8, 4) is 33.9 Å². The van der Waals surface area contributed by atoms with Crippen LogP contribution in [-0.4, -0.2) is 19.1 Å². The van der Waals surface area contributed by atoms with E-state index in [1.807, 2.05) is 6.20 Å². The normalized spacial score (nSPS) is 11.9. The molecule has 0 aliphatic rings. The van der Waals surface area contributed by atoms with Crippen LogP contribution in [0.3, 0.4) is 0 Å². The molecule has 0 saturated carbocycles. The van der Waals surface area contributed by atoms with Gasteiger partial charge in [-0.05, 0) is 59.2 Å². The number of hydrogen-bond acceptors (Lipinski definition) is 3. The Hall–Kier alpha value is -6.98. The average Bonchev–Trinajstić information content (AvgIpc) is 3.85. The summed E-state index contributed by atoms with van der Waals surface area (Å²) >= 11 is 0. The molecular formula is C46H28N4O. The van der Waals surface area contributed by atoms with E-state index in [2.05, 4.69) is 173 Å². The standard InChI is InChI=1S/C46H28N4O/c1-2-13-29(14-3-1)32-19-12-24-41-44(32)35-18-7-11-23-40(35)50(41)46-47-28-43-45(48-46)36-27-30(25-26-42(36)51-43)31-15-4-8-20-37(31)49-38-21-9-5-16-33(38)34-17-6-10-22-39(34)49/h1-28H. The highest BCUT2D eigenvalue weighted by atomic mass is 16.3. The fourth-order valence-electron chi connectivity index (χ4n) is 8.01. The van der Waals surface area contributed by atoms with Crippen LogP contribution >= 0.6 is 0 Å². The Labute approximate surface area is 292 Å². The third-order valence-electron chi connectivity index (χ3n) is 10.2. The molecule has 0 atom stereocenters. The first-order chi connectivity index (χ1) is 25.3. The van der Waals surface area contributed by atoms with Crippen LogP contribution in [0.4, 0.5) is 0 Å². The van der Waals surface area contributed by atoms with Crippen LogP contribution in [0.15, 0.2) is 174 Å². The summed E-state index contributed by atoms with van der Waals surface area (Å²) in [6.07, 6.45) is 1.81. The molecule has 0 N–H and O–H groups in total. The summed E-state index contributed by atoms with van der Waals surface area (Å²) in [6.45, 7) is 0. The molecule has 4 aromatic heterocycles. The summed E-state index contributed by atoms with van der Waals surface area (Å²) in [5.41, 5.74) is 12.4. The zero-order valence-corrected chi connectivity index (χ0v) is 27.4. The largest absolute Gasteiger partial charge is 0.453 e. The van der Waals surface area contributed by atoms with Crippen molar-refractivity contribution in [2.45, 2.75) is 0 Å². The Morgan fingerprint density at radius 3 is 1.84 bits per heavy atom. The fourth-order valence-corrected chi connectivity index (χ4v) is 8.01. The van der Waals surface area contributed by atoms with Crippen molar-refractivity contribution in [2.75, 3.05) is 0 Å². The number of rotatable bonds is 4.